The number of carbonyl (C=O) groups excluding carboxylic acids is 1. The smallest absolute Gasteiger partial charge is 0.311 e. The molecule has 0 bridgehead atoms. The van der Waals surface area contributed by atoms with Crippen molar-refractivity contribution in [1.29, 1.82) is 0 Å². The lowest BCUT2D eigenvalue weighted by atomic mass is 9.82. The van der Waals surface area contributed by atoms with Crippen LogP contribution in [0.4, 0.5) is 0 Å². The summed E-state index contributed by atoms with van der Waals surface area (Å²) in [4.78, 5) is 22.5. The molecular formula is C11H22N2O3. The van der Waals surface area contributed by atoms with Crippen LogP contribution in [0.25, 0.3) is 0 Å². The second kappa shape index (κ2) is 6.48. The maximum Gasteiger partial charge on any atom is 0.311 e. The van der Waals surface area contributed by atoms with Gasteiger partial charge in [-0.2, -0.15) is 0 Å². The van der Waals surface area contributed by atoms with Crippen molar-refractivity contribution in [2.24, 2.45) is 11.1 Å². The van der Waals surface area contributed by atoms with Crippen LogP contribution in [0.1, 0.15) is 40.0 Å². The minimum atomic E-state index is -0.862. The first-order chi connectivity index (χ1) is 7.38. The molecule has 0 aromatic carbocycles. The van der Waals surface area contributed by atoms with E-state index in [4.69, 9.17) is 10.8 Å². The Morgan fingerprint density at radius 2 is 1.88 bits per heavy atom. The van der Waals surface area contributed by atoms with Crippen LogP contribution in [0.3, 0.4) is 0 Å². The first kappa shape index (κ1) is 14.9. The molecule has 0 saturated heterocycles. The first-order valence-corrected chi connectivity index (χ1v) is 5.63. The highest BCUT2D eigenvalue weighted by Crippen LogP contribution is 2.25. The number of aliphatic carboxylic acids is 1. The minimum Gasteiger partial charge on any atom is -0.481 e. The van der Waals surface area contributed by atoms with E-state index in [0.29, 0.717) is 12.8 Å². The van der Waals surface area contributed by atoms with E-state index >= 15 is 0 Å². The van der Waals surface area contributed by atoms with Crippen LogP contribution in [0.2, 0.25) is 0 Å². The Balaban J connectivity index is 4.33. The van der Waals surface area contributed by atoms with E-state index in [1.807, 2.05) is 13.8 Å². The van der Waals surface area contributed by atoms with Crippen molar-refractivity contribution in [2.45, 2.75) is 46.1 Å². The zero-order valence-corrected chi connectivity index (χ0v) is 10.2. The van der Waals surface area contributed by atoms with Gasteiger partial charge in [0.1, 0.15) is 0 Å². The highest BCUT2D eigenvalue weighted by molar-refractivity contribution is 5.79. The molecule has 0 aliphatic rings. The maximum atomic E-state index is 11.4. The maximum absolute atomic E-state index is 11.4. The molecule has 0 aliphatic heterocycles. The molecule has 1 amide bonds. The number of carboxylic acids is 1. The first-order valence-electron chi connectivity index (χ1n) is 5.63. The lowest BCUT2D eigenvalue weighted by Crippen LogP contribution is -2.43. The monoisotopic (exact) mass is 230 g/mol. The summed E-state index contributed by atoms with van der Waals surface area (Å²) in [6.45, 7) is 5.54. The number of nitrogens with one attached hydrogen (secondary N) is 1. The van der Waals surface area contributed by atoms with E-state index in [-0.39, 0.29) is 24.9 Å². The third kappa shape index (κ3) is 4.18. The van der Waals surface area contributed by atoms with Gasteiger partial charge in [-0.1, -0.05) is 13.8 Å². The number of carbonyl (C=O) groups is 2. The van der Waals surface area contributed by atoms with Gasteiger partial charge in [-0.15, -0.1) is 0 Å². The normalized spacial score (nSPS) is 13.2. The molecule has 0 rings (SSSR count). The van der Waals surface area contributed by atoms with Gasteiger partial charge in [-0.3, -0.25) is 9.59 Å². The van der Waals surface area contributed by atoms with Crippen LogP contribution < -0.4 is 11.1 Å². The Hall–Kier alpha value is -1.10. The molecule has 16 heavy (non-hydrogen) atoms. The van der Waals surface area contributed by atoms with Gasteiger partial charge in [0.25, 0.3) is 0 Å². The van der Waals surface area contributed by atoms with Gasteiger partial charge >= 0.3 is 5.97 Å². The summed E-state index contributed by atoms with van der Waals surface area (Å²) in [6.07, 6.45) is 1.22. The van der Waals surface area contributed by atoms with Crippen molar-refractivity contribution >= 4 is 11.9 Å². The van der Waals surface area contributed by atoms with E-state index in [1.165, 1.54) is 0 Å². The van der Waals surface area contributed by atoms with Crippen molar-refractivity contribution in [3.63, 3.8) is 0 Å². The van der Waals surface area contributed by atoms with Crippen LogP contribution in [0.5, 0.6) is 0 Å². The quantitative estimate of drug-likeness (QED) is 0.601. The van der Waals surface area contributed by atoms with Crippen LogP contribution in [-0.2, 0) is 9.59 Å². The minimum absolute atomic E-state index is 0.168. The molecule has 0 radical (unpaired) electrons. The van der Waals surface area contributed by atoms with Crippen LogP contribution in [-0.4, -0.2) is 29.6 Å². The van der Waals surface area contributed by atoms with Gasteiger partial charge < -0.3 is 16.2 Å². The van der Waals surface area contributed by atoms with Crippen LogP contribution >= 0.6 is 0 Å². The SMILES string of the molecule is CCC(CC)(CNC(=O)CC(C)N)C(=O)O. The standard InChI is InChI=1S/C11H22N2O3/c1-4-11(5-2,10(15)16)7-13-9(14)6-8(3)12/h8H,4-7,12H2,1-3H3,(H,13,14)(H,15,16). The van der Waals surface area contributed by atoms with Gasteiger partial charge in [-0.25, -0.2) is 0 Å². The lowest BCUT2D eigenvalue weighted by Gasteiger charge is -2.26. The van der Waals surface area contributed by atoms with Crippen molar-refractivity contribution in [3.8, 4) is 0 Å². The number of carboxylic acid groups (broad SMARTS) is 1. The molecule has 0 heterocycles. The summed E-state index contributed by atoms with van der Waals surface area (Å²) >= 11 is 0. The zero-order chi connectivity index (χ0) is 12.8. The largest absolute Gasteiger partial charge is 0.481 e. The summed E-state index contributed by atoms with van der Waals surface area (Å²) in [5, 5.41) is 11.8. The average molecular weight is 230 g/mol. The lowest BCUT2D eigenvalue weighted by molar-refractivity contribution is -0.149. The molecule has 5 heteroatoms. The molecule has 1 unspecified atom stereocenters. The van der Waals surface area contributed by atoms with Gasteiger partial charge in [0, 0.05) is 19.0 Å². The fraction of sp³-hybridized carbons (Fsp3) is 0.818. The number of hydrogen-bond acceptors (Lipinski definition) is 3. The molecule has 0 saturated carbocycles. The van der Waals surface area contributed by atoms with E-state index in [1.54, 1.807) is 6.92 Å². The molecular weight excluding hydrogens is 208 g/mol. The molecule has 0 aromatic rings. The molecule has 0 aliphatic carbocycles. The third-order valence-corrected chi connectivity index (χ3v) is 2.94. The second-order valence-electron chi connectivity index (χ2n) is 4.25. The summed E-state index contributed by atoms with van der Waals surface area (Å²) in [6, 6.07) is -0.206. The zero-order valence-electron chi connectivity index (χ0n) is 10.2. The summed E-state index contributed by atoms with van der Waals surface area (Å²) in [5.41, 5.74) is 4.63. The fourth-order valence-electron chi connectivity index (χ4n) is 1.51. The predicted molar refractivity (Wildman–Crippen MR) is 61.9 cm³/mol. The predicted octanol–water partition coefficient (Wildman–Crippen LogP) is 0.731. The van der Waals surface area contributed by atoms with E-state index < -0.39 is 11.4 Å². The highest BCUT2D eigenvalue weighted by Gasteiger charge is 2.35. The highest BCUT2D eigenvalue weighted by atomic mass is 16.4. The molecule has 1 atom stereocenters. The fourth-order valence-corrected chi connectivity index (χ4v) is 1.51. The summed E-state index contributed by atoms with van der Waals surface area (Å²) < 4.78 is 0. The number of amides is 1. The van der Waals surface area contributed by atoms with Crippen molar-refractivity contribution in [3.05, 3.63) is 0 Å². The van der Waals surface area contributed by atoms with Crippen LogP contribution in [0, 0.1) is 5.41 Å². The van der Waals surface area contributed by atoms with E-state index in [9.17, 15) is 9.59 Å². The molecule has 0 fully saturated rings. The summed E-state index contributed by atoms with van der Waals surface area (Å²) in [5.74, 6) is -1.05. The summed E-state index contributed by atoms with van der Waals surface area (Å²) in [7, 11) is 0. The number of hydrogen-bond donors (Lipinski definition) is 3. The molecule has 4 N–H and O–H groups in total. The molecule has 0 spiro atoms. The van der Waals surface area contributed by atoms with Crippen molar-refractivity contribution in [1.82, 2.24) is 5.32 Å². The second-order valence-corrected chi connectivity index (χ2v) is 4.25. The molecule has 5 nitrogen and oxygen atoms in total. The Labute approximate surface area is 96.4 Å². The number of rotatable bonds is 7. The van der Waals surface area contributed by atoms with E-state index in [2.05, 4.69) is 5.32 Å². The average Bonchev–Trinajstić information content (AvgIpc) is 2.18. The third-order valence-electron chi connectivity index (χ3n) is 2.94. The Morgan fingerprint density at radius 3 is 2.19 bits per heavy atom. The topological polar surface area (TPSA) is 92.4 Å². The van der Waals surface area contributed by atoms with Gasteiger partial charge in [0.05, 0.1) is 5.41 Å². The van der Waals surface area contributed by atoms with Crippen molar-refractivity contribution in [2.75, 3.05) is 6.54 Å². The molecule has 0 aromatic heterocycles. The molecule has 94 valence electrons. The van der Waals surface area contributed by atoms with Crippen LogP contribution in [0.15, 0.2) is 0 Å². The van der Waals surface area contributed by atoms with Gasteiger partial charge in [0.2, 0.25) is 5.91 Å². The number of nitrogens with two attached hydrogens (primary N) is 1. The van der Waals surface area contributed by atoms with Gasteiger partial charge in [-0.05, 0) is 19.8 Å². The Bertz CT molecular complexity index is 248. The van der Waals surface area contributed by atoms with Crippen molar-refractivity contribution < 1.29 is 14.7 Å². The van der Waals surface area contributed by atoms with E-state index in [0.717, 1.165) is 0 Å². The Morgan fingerprint density at radius 1 is 1.38 bits per heavy atom. The van der Waals surface area contributed by atoms with Gasteiger partial charge in [0.15, 0.2) is 0 Å². The Kier molecular flexibility index (Phi) is 6.03.